The van der Waals surface area contributed by atoms with E-state index in [-0.39, 0.29) is 5.91 Å². The number of carbonyl (C=O) groups excluding carboxylic acids is 1. The first-order valence-electron chi connectivity index (χ1n) is 10.5. The lowest BCUT2D eigenvalue weighted by molar-refractivity contribution is -0.117. The number of methoxy groups -OCH3 is 1. The first-order chi connectivity index (χ1) is 14.7. The minimum atomic E-state index is 0.125. The van der Waals surface area contributed by atoms with Crippen LogP contribution in [0.25, 0.3) is 17.0 Å². The van der Waals surface area contributed by atoms with Crippen LogP contribution in [-0.4, -0.2) is 53.1 Å². The van der Waals surface area contributed by atoms with Gasteiger partial charge in [-0.25, -0.2) is 9.97 Å². The molecule has 8 nitrogen and oxygen atoms in total. The van der Waals surface area contributed by atoms with Crippen molar-refractivity contribution in [3.63, 3.8) is 0 Å². The molecule has 2 N–H and O–H groups in total. The lowest BCUT2D eigenvalue weighted by atomic mass is 10.1. The highest BCUT2D eigenvalue weighted by atomic mass is 16.5. The van der Waals surface area contributed by atoms with Crippen molar-refractivity contribution in [3.05, 3.63) is 36.7 Å². The lowest BCUT2D eigenvalue weighted by Gasteiger charge is -2.24. The molecule has 1 atom stereocenters. The average molecular weight is 406 g/mol. The van der Waals surface area contributed by atoms with E-state index in [1.807, 2.05) is 41.1 Å². The normalized spacial score (nSPS) is 19.4. The van der Waals surface area contributed by atoms with Crippen LogP contribution in [0.15, 0.2) is 36.7 Å². The van der Waals surface area contributed by atoms with E-state index in [0.717, 1.165) is 54.5 Å². The van der Waals surface area contributed by atoms with E-state index in [1.54, 1.807) is 12.0 Å². The summed E-state index contributed by atoms with van der Waals surface area (Å²) in [6.45, 7) is 2.74. The summed E-state index contributed by atoms with van der Waals surface area (Å²) in [6.07, 6.45) is 7.50. The molecule has 0 radical (unpaired) electrons. The molecular formula is C22H26N6O2. The second-order valence-electron chi connectivity index (χ2n) is 7.84. The number of piperidine rings is 1. The van der Waals surface area contributed by atoms with Gasteiger partial charge in [0.2, 0.25) is 5.91 Å². The number of pyridine rings is 2. The number of hydrogen-bond acceptors (Lipinski definition) is 6. The van der Waals surface area contributed by atoms with E-state index >= 15 is 0 Å². The number of ether oxygens (including phenoxy) is 1. The third-order valence-electron chi connectivity index (χ3n) is 5.83. The Kier molecular flexibility index (Phi) is 5.00. The van der Waals surface area contributed by atoms with Crippen LogP contribution in [0.1, 0.15) is 25.7 Å². The lowest BCUT2D eigenvalue weighted by Crippen LogP contribution is -2.38. The topological polar surface area (TPSA) is 83.8 Å². The summed E-state index contributed by atoms with van der Waals surface area (Å²) in [5.41, 5.74) is 3.24. The Morgan fingerprint density at radius 1 is 1.30 bits per heavy atom. The van der Waals surface area contributed by atoms with E-state index in [0.29, 0.717) is 24.8 Å². The van der Waals surface area contributed by atoms with Gasteiger partial charge < -0.3 is 20.3 Å². The summed E-state index contributed by atoms with van der Waals surface area (Å²) in [7, 11) is 1.62. The largest absolute Gasteiger partial charge is 0.494 e. The summed E-state index contributed by atoms with van der Waals surface area (Å²) in [5, 5.41) is 6.96. The van der Waals surface area contributed by atoms with Gasteiger partial charge in [-0.1, -0.05) is 6.07 Å². The number of fused-ring (bicyclic) bond motifs is 1. The summed E-state index contributed by atoms with van der Waals surface area (Å²) in [6, 6.07) is 8.26. The van der Waals surface area contributed by atoms with E-state index in [9.17, 15) is 4.79 Å². The van der Waals surface area contributed by atoms with Crippen LogP contribution in [0.2, 0.25) is 0 Å². The van der Waals surface area contributed by atoms with E-state index < -0.39 is 0 Å². The molecule has 5 rings (SSSR count). The molecule has 2 aliphatic heterocycles. The molecule has 30 heavy (non-hydrogen) atoms. The molecule has 2 fully saturated rings. The average Bonchev–Trinajstić information content (AvgIpc) is 3.39. The fourth-order valence-corrected chi connectivity index (χ4v) is 4.30. The van der Waals surface area contributed by atoms with Gasteiger partial charge in [0.15, 0.2) is 0 Å². The zero-order valence-electron chi connectivity index (χ0n) is 17.1. The van der Waals surface area contributed by atoms with Crippen molar-refractivity contribution in [3.8, 4) is 17.1 Å². The standard InChI is InChI=1S/C22H26N6O2/c1-30-19-11-21-24-13-17(28(21)14-18(19)27-10-4-8-22(27)29)16-6-2-7-20(26-16)25-15-5-3-9-23-12-15/h2,6-7,11,13-15,23H,3-5,8-10,12H2,1H3,(H,25,26)/t15-/m0/s1. The highest BCUT2D eigenvalue weighted by molar-refractivity contribution is 5.97. The van der Waals surface area contributed by atoms with Gasteiger partial charge in [0.25, 0.3) is 0 Å². The van der Waals surface area contributed by atoms with Crippen LogP contribution in [-0.2, 0) is 4.79 Å². The van der Waals surface area contributed by atoms with Crippen molar-refractivity contribution in [1.82, 2.24) is 19.7 Å². The summed E-state index contributed by atoms with van der Waals surface area (Å²) >= 11 is 0. The first kappa shape index (κ1) is 18.9. The third kappa shape index (κ3) is 3.47. The van der Waals surface area contributed by atoms with Gasteiger partial charge in [-0.15, -0.1) is 0 Å². The molecule has 1 amide bonds. The maximum absolute atomic E-state index is 12.3. The first-order valence-corrected chi connectivity index (χ1v) is 10.5. The molecule has 0 aliphatic carbocycles. The number of imidazole rings is 1. The van der Waals surface area contributed by atoms with E-state index in [2.05, 4.69) is 15.6 Å². The quantitative estimate of drug-likeness (QED) is 0.678. The second kappa shape index (κ2) is 7.95. The van der Waals surface area contributed by atoms with Crippen LogP contribution < -0.4 is 20.3 Å². The predicted molar refractivity (Wildman–Crippen MR) is 116 cm³/mol. The van der Waals surface area contributed by atoms with Crippen molar-refractivity contribution >= 4 is 23.1 Å². The SMILES string of the molecule is COc1cc2ncc(-c3cccc(N[C@H]4CCCNC4)n3)n2cc1N1CCCC1=O. The molecule has 0 aromatic carbocycles. The molecule has 2 aliphatic rings. The van der Waals surface area contributed by atoms with Crippen molar-refractivity contribution < 1.29 is 9.53 Å². The van der Waals surface area contributed by atoms with Crippen molar-refractivity contribution in [2.24, 2.45) is 0 Å². The molecule has 0 bridgehead atoms. The summed E-state index contributed by atoms with van der Waals surface area (Å²) < 4.78 is 7.54. The van der Waals surface area contributed by atoms with Crippen molar-refractivity contribution in [1.29, 1.82) is 0 Å². The van der Waals surface area contributed by atoms with Gasteiger partial charge in [-0.3, -0.25) is 9.20 Å². The number of nitrogens with zero attached hydrogens (tertiary/aromatic N) is 4. The maximum atomic E-state index is 12.3. The number of nitrogens with one attached hydrogen (secondary N) is 2. The minimum absolute atomic E-state index is 0.125. The minimum Gasteiger partial charge on any atom is -0.494 e. The van der Waals surface area contributed by atoms with Crippen molar-refractivity contribution in [2.75, 3.05) is 37.0 Å². The maximum Gasteiger partial charge on any atom is 0.227 e. The van der Waals surface area contributed by atoms with Gasteiger partial charge in [0, 0.05) is 37.8 Å². The number of hydrogen-bond donors (Lipinski definition) is 2. The molecule has 0 saturated carbocycles. The number of rotatable bonds is 5. The number of anilines is 2. The second-order valence-corrected chi connectivity index (χ2v) is 7.84. The predicted octanol–water partition coefficient (Wildman–Crippen LogP) is 2.70. The van der Waals surface area contributed by atoms with Crippen LogP contribution in [0, 0.1) is 0 Å². The van der Waals surface area contributed by atoms with Gasteiger partial charge in [-0.05, 0) is 37.9 Å². The molecule has 5 heterocycles. The van der Waals surface area contributed by atoms with Crippen LogP contribution in [0.3, 0.4) is 0 Å². The van der Waals surface area contributed by atoms with Crippen LogP contribution in [0.5, 0.6) is 5.75 Å². The highest BCUT2D eigenvalue weighted by Gasteiger charge is 2.26. The third-order valence-corrected chi connectivity index (χ3v) is 5.83. The molecule has 3 aromatic heterocycles. The fraction of sp³-hybridized carbons (Fsp3) is 0.409. The van der Waals surface area contributed by atoms with Crippen molar-refractivity contribution in [2.45, 2.75) is 31.7 Å². The Morgan fingerprint density at radius 2 is 2.23 bits per heavy atom. The Morgan fingerprint density at radius 3 is 3.00 bits per heavy atom. The Balaban J connectivity index is 1.51. The Hall–Kier alpha value is -3.13. The van der Waals surface area contributed by atoms with E-state index in [1.165, 1.54) is 6.42 Å². The summed E-state index contributed by atoms with van der Waals surface area (Å²) in [5.74, 6) is 1.64. The molecule has 3 aromatic rings. The van der Waals surface area contributed by atoms with Gasteiger partial charge >= 0.3 is 0 Å². The number of aromatic nitrogens is 3. The smallest absolute Gasteiger partial charge is 0.227 e. The Labute approximate surface area is 175 Å². The molecule has 8 heteroatoms. The van der Waals surface area contributed by atoms with Gasteiger partial charge in [-0.2, -0.15) is 0 Å². The van der Waals surface area contributed by atoms with Crippen LogP contribution >= 0.6 is 0 Å². The zero-order chi connectivity index (χ0) is 20.5. The van der Waals surface area contributed by atoms with Crippen LogP contribution in [0.4, 0.5) is 11.5 Å². The molecule has 0 spiro atoms. The molecular weight excluding hydrogens is 380 g/mol. The fourth-order valence-electron chi connectivity index (χ4n) is 4.30. The Bertz CT molecular complexity index is 1070. The molecule has 2 saturated heterocycles. The highest BCUT2D eigenvalue weighted by Crippen LogP contribution is 2.34. The zero-order valence-corrected chi connectivity index (χ0v) is 17.1. The van der Waals surface area contributed by atoms with Gasteiger partial charge in [0.05, 0.1) is 24.7 Å². The van der Waals surface area contributed by atoms with Gasteiger partial charge in [0.1, 0.15) is 22.9 Å². The monoisotopic (exact) mass is 406 g/mol. The van der Waals surface area contributed by atoms with E-state index in [4.69, 9.17) is 9.72 Å². The summed E-state index contributed by atoms with van der Waals surface area (Å²) in [4.78, 5) is 23.5. The molecule has 0 unspecified atom stereocenters. The number of amides is 1. The molecule has 156 valence electrons. The number of carbonyl (C=O) groups is 1.